The molecule has 0 radical (unpaired) electrons. The summed E-state index contributed by atoms with van der Waals surface area (Å²) in [5.74, 6) is -1.76. The number of carbonyl (C=O) groups excluding carboxylic acids is 3. The molecule has 0 aromatic rings. The minimum Gasteiger partial charge on any atom is -0.462 e. The van der Waals surface area contributed by atoms with Crippen molar-refractivity contribution in [1.82, 2.24) is 0 Å². The van der Waals surface area contributed by atoms with Gasteiger partial charge in [-0.3, -0.25) is 23.4 Å². The molecule has 1 unspecified atom stereocenters. The number of hydrogen-bond acceptors (Lipinski definition) is 12. The van der Waals surface area contributed by atoms with E-state index >= 15 is 0 Å². The number of rotatable bonds is 36. The molecule has 0 aromatic heterocycles. The number of aliphatic hydroxyl groups is 4. The number of Topliss-reactive ketones (excluding diaryl/α,β-unsaturated/α-hetero) is 1. The quantitative estimate of drug-likeness (QED) is 0.0176. The van der Waals surface area contributed by atoms with Crippen LogP contribution in [0, 0.1) is 11.8 Å². The molecule has 1 aliphatic rings. The van der Waals surface area contributed by atoms with Crippen molar-refractivity contribution in [3.8, 4) is 0 Å². The normalized spacial score (nSPS) is 20.1. The predicted molar refractivity (Wildman–Crippen MR) is 225 cm³/mol. The van der Waals surface area contributed by atoms with Gasteiger partial charge in [-0.15, -0.1) is 0 Å². The zero-order chi connectivity index (χ0) is 42.9. The Bertz CT molecular complexity index is 1270. The summed E-state index contributed by atoms with van der Waals surface area (Å²) in [5, 5.41) is 39.1. The summed E-state index contributed by atoms with van der Waals surface area (Å²) in [5.41, 5.74) is 0. The third-order valence-corrected chi connectivity index (χ3v) is 10.8. The van der Waals surface area contributed by atoms with E-state index in [0.717, 1.165) is 83.5 Å². The van der Waals surface area contributed by atoms with E-state index in [9.17, 15) is 39.2 Å². The summed E-state index contributed by atoms with van der Waals surface area (Å²) in [6.45, 7) is 1.86. The lowest BCUT2D eigenvalue weighted by molar-refractivity contribution is -0.161. The molecule has 0 amide bonds. The van der Waals surface area contributed by atoms with E-state index in [4.69, 9.17) is 19.1 Å². The zero-order valence-corrected chi connectivity index (χ0v) is 36.1. The van der Waals surface area contributed by atoms with Crippen molar-refractivity contribution < 1.29 is 62.8 Å². The number of ketones is 1. The van der Waals surface area contributed by atoms with Gasteiger partial charge in [0.25, 0.3) is 0 Å². The highest BCUT2D eigenvalue weighted by Gasteiger charge is 2.39. The van der Waals surface area contributed by atoms with Gasteiger partial charge in [-0.1, -0.05) is 120 Å². The van der Waals surface area contributed by atoms with Crippen molar-refractivity contribution in [1.29, 1.82) is 0 Å². The number of phosphoric ester groups is 1. The fourth-order valence-electron chi connectivity index (χ4n) is 6.50. The van der Waals surface area contributed by atoms with E-state index in [2.05, 4.69) is 54.8 Å². The molecular formula is C44H75O13P. The van der Waals surface area contributed by atoms with Crippen molar-refractivity contribution >= 4 is 25.5 Å². The summed E-state index contributed by atoms with van der Waals surface area (Å²) in [4.78, 5) is 47.7. The fraction of sp³-hybridized carbons (Fsp3) is 0.750. The summed E-state index contributed by atoms with van der Waals surface area (Å²) in [7, 11) is -4.69. The first kappa shape index (κ1) is 53.5. The minimum absolute atomic E-state index is 0.0198. The number of aliphatic hydroxyl groups excluding tert-OH is 4. The number of phosphoric acid groups is 1. The van der Waals surface area contributed by atoms with Gasteiger partial charge in [0, 0.05) is 25.2 Å². The van der Waals surface area contributed by atoms with Gasteiger partial charge in [0.1, 0.15) is 18.5 Å². The van der Waals surface area contributed by atoms with Crippen molar-refractivity contribution in [3.05, 3.63) is 48.6 Å². The van der Waals surface area contributed by atoms with Crippen LogP contribution in [0.4, 0.5) is 0 Å². The Balaban J connectivity index is 2.47. The van der Waals surface area contributed by atoms with E-state index in [1.165, 1.54) is 0 Å². The molecule has 14 heteroatoms. The highest BCUT2D eigenvalue weighted by molar-refractivity contribution is 7.47. The van der Waals surface area contributed by atoms with Gasteiger partial charge in [-0.25, -0.2) is 4.57 Å². The summed E-state index contributed by atoms with van der Waals surface area (Å²) < 4.78 is 32.7. The molecule has 0 spiro atoms. The standard InChI is InChI=1S/C44H75O13P/c1-3-5-7-8-9-10-11-12-13-14-15-16-17-18-23-27-43(50)54-34-38(35-56-58(52,53)55-33-37(47)32-45)57-44(51)28-24-20-19-22-26-39-40(42(49)31-41(39)48)30-29-36(46)25-21-6-4-2/h5,7,9-10,12-13,29-30,36-41,45-48H,3-4,6,8,11,14-28,31-35H2,1-2H3,(H,52,53)/b7-5-,10-9-,13-12-,30-29+/t36-,37-,38+,39+,40+,41-/m0/s1. The molecule has 0 aliphatic heterocycles. The van der Waals surface area contributed by atoms with Crippen LogP contribution in [0.5, 0.6) is 0 Å². The molecule has 1 rings (SSSR count). The number of ether oxygens (including phenoxy) is 2. The lowest BCUT2D eigenvalue weighted by Crippen LogP contribution is -2.29. The van der Waals surface area contributed by atoms with Gasteiger partial charge < -0.3 is 34.8 Å². The van der Waals surface area contributed by atoms with Crippen LogP contribution in [0.3, 0.4) is 0 Å². The summed E-state index contributed by atoms with van der Waals surface area (Å²) >= 11 is 0. The maximum Gasteiger partial charge on any atom is 0.472 e. The summed E-state index contributed by atoms with van der Waals surface area (Å²) in [6.07, 6.45) is 28.4. The molecule has 0 bridgehead atoms. The third-order valence-electron chi connectivity index (χ3n) is 9.87. The van der Waals surface area contributed by atoms with E-state index < -0.39 is 76.5 Å². The molecular weight excluding hydrogens is 767 g/mol. The third kappa shape index (κ3) is 28.1. The van der Waals surface area contributed by atoms with Crippen molar-refractivity contribution in [2.75, 3.05) is 26.4 Å². The smallest absolute Gasteiger partial charge is 0.462 e. The number of hydrogen-bond donors (Lipinski definition) is 5. The van der Waals surface area contributed by atoms with Crippen LogP contribution >= 0.6 is 7.82 Å². The van der Waals surface area contributed by atoms with Crippen LogP contribution in [0.1, 0.15) is 149 Å². The van der Waals surface area contributed by atoms with Crippen LogP contribution in [0.25, 0.3) is 0 Å². The Morgan fingerprint density at radius 2 is 1.41 bits per heavy atom. The van der Waals surface area contributed by atoms with Gasteiger partial charge in [-0.05, 0) is 63.7 Å². The van der Waals surface area contributed by atoms with Crippen LogP contribution in [-0.2, 0) is 37.5 Å². The van der Waals surface area contributed by atoms with Crippen LogP contribution in [0.15, 0.2) is 48.6 Å². The van der Waals surface area contributed by atoms with Crippen molar-refractivity contribution in [3.63, 3.8) is 0 Å². The minimum atomic E-state index is -4.69. The van der Waals surface area contributed by atoms with Crippen LogP contribution in [-0.4, -0.2) is 93.9 Å². The molecule has 13 nitrogen and oxygen atoms in total. The zero-order valence-electron chi connectivity index (χ0n) is 35.2. The van der Waals surface area contributed by atoms with Crippen molar-refractivity contribution in [2.24, 2.45) is 11.8 Å². The molecule has 58 heavy (non-hydrogen) atoms. The largest absolute Gasteiger partial charge is 0.472 e. The number of allylic oxidation sites excluding steroid dienone is 7. The second-order valence-electron chi connectivity index (χ2n) is 15.1. The SMILES string of the molecule is CC/C=C\C/C=C\C/C=C\CCCCCCCC(=O)OC[C@H](COP(=O)(O)OC[C@@H](O)CO)OC(=O)CCCCCC[C@H]1[C@@H](O)CC(=O)[C@@H]1/C=C/[C@@H](O)CCCCC. The first-order valence-electron chi connectivity index (χ1n) is 21.7. The fourth-order valence-corrected chi connectivity index (χ4v) is 7.29. The predicted octanol–water partition coefficient (Wildman–Crippen LogP) is 7.92. The Kier molecular flexibility index (Phi) is 31.6. The van der Waals surface area contributed by atoms with Gasteiger partial charge in [0.15, 0.2) is 6.10 Å². The maximum atomic E-state index is 12.7. The molecule has 334 valence electrons. The lowest BCUT2D eigenvalue weighted by Gasteiger charge is -2.20. The average Bonchev–Trinajstić information content (AvgIpc) is 3.47. The molecule has 0 heterocycles. The molecule has 0 saturated heterocycles. The molecule has 1 fully saturated rings. The molecule has 7 atom stereocenters. The Morgan fingerprint density at radius 1 is 0.793 bits per heavy atom. The monoisotopic (exact) mass is 842 g/mol. The van der Waals surface area contributed by atoms with E-state index in [0.29, 0.717) is 32.1 Å². The highest BCUT2D eigenvalue weighted by atomic mass is 31.2. The Hall–Kier alpha value is -2.48. The first-order valence-corrected chi connectivity index (χ1v) is 23.2. The lowest BCUT2D eigenvalue weighted by atomic mass is 9.88. The van der Waals surface area contributed by atoms with E-state index in [-0.39, 0.29) is 31.0 Å². The van der Waals surface area contributed by atoms with E-state index in [1.807, 2.05) is 0 Å². The summed E-state index contributed by atoms with van der Waals surface area (Å²) in [6, 6.07) is 0. The topological polar surface area (TPSA) is 206 Å². The highest BCUT2D eigenvalue weighted by Crippen LogP contribution is 2.43. The Labute approximate surface area is 347 Å². The second-order valence-corrected chi connectivity index (χ2v) is 16.6. The van der Waals surface area contributed by atoms with Gasteiger partial charge >= 0.3 is 19.8 Å². The van der Waals surface area contributed by atoms with Gasteiger partial charge in [0.2, 0.25) is 0 Å². The van der Waals surface area contributed by atoms with Gasteiger partial charge in [0.05, 0.1) is 32.0 Å². The van der Waals surface area contributed by atoms with Crippen molar-refractivity contribution in [2.45, 2.75) is 173 Å². The molecule has 1 saturated carbocycles. The van der Waals surface area contributed by atoms with Gasteiger partial charge in [-0.2, -0.15) is 0 Å². The average molecular weight is 843 g/mol. The van der Waals surface area contributed by atoms with Crippen LogP contribution < -0.4 is 0 Å². The first-order chi connectivity index (χ1) is 27.9. The molecule has 0 aromatic carbocycles. The molecule has 5 N–H and O–H groups in total. The maximum absolute atomic E-state index is 12.7. The molecule has 1 aliphatic carbocycles. The Morgan fingerprint density at radius 3 is 2.10 bits per heavy atom. The number of carbonyl (C=O) groups is 3. The number of unbranched alkanes of at least 4 members (excludes halogenated alkanes) is 10. The second kappa shape index (κ2) is 34.3. The van der Waals surface area contributed by atoms with Crippen LogP contribution in [0.2, 0.25) is 0 Å². The number of esters is 2. The van der Waals surface area contributed by atoms with E-state index in [1.54, 1.807) is 12.2 Å².